The van der Waals surface area contributed by atoms with E-state index in [4.69, 9.17) is 11.6 Å². The highest BCUT2D eigenvalue weighted by Gasteiger charge is 2.17. The molecular formula is C8H4Br2ClFO. The van der Waals surface area contributed by atoms with Gasteiger partial charge in [0.05, 0.1) is 5.56 Å². The molecule has 0 saturated carbocycles. The Morgan fingerprint density at radius 1 is 1.46 bits per heavy atom. The smallest absolute Gasteiger partial charge is 0.190 e. The molecule has 0 atom stereocenters. The number of halogens is 4. The number of ketones is 1. The van der Waals surface area contributed by atoms with Crippen LogP contribution in [-0.2, 0) is 0 Å². The first-order chi connectivity index (χ1) is 6.02. The first-order valence-corrected chi connectivity index (χ1v) is 5.50. The zero-order chi connectivity index (χ0) is 10.0. The molecule has 0 amide bonds. The highest BCUT2D eigenvalue weighted by molar-refractivity contribution is 9.25. The van der Waals surface area contributed by atoms with Gasteiger partial charge in [0.2, 0.25) is 0 Å². The van der Waals surface area contributed by atoms with Crippen LogP contribution in [0.4, 0.5) is 4.39 Å². The zero-order valence-electron chi connectivity index (χ0n) is 6.23. The fourth-order valence-electron chi connectivity index (χ4n) is 0.804. The molecule has 0 saturated heterocycles. The van der Waals surface area contributed by atoms with Gasteiger partial charge in [-0.25, -0.2) is 4.39 Å². The van der Waals surface area contributed by atoms with Crippen molar-refractivity contribution in [3.05, 3.63) is 34.6 Å². The standard InChI is InChI=1S/C8H4Br2ClFO/c9-8(10)7(13)5-3-4(11)1-2-6(5)12/h1-3,8H. The third-order valence-corrected chi connectivity index (χ3v) is 2.46. The molecule has 0 aliphatic rings. The number of carbonyl (C=O) groups excluding carboxylic acids is 1. The van der Waals surface area contributed by atoms with Crippen LogP contribution in [0.25, 0.3) is 0 Å². The summed E-state index contributed by atoms with van der Waals surface area (Å²) in [6, 6.07) is 3.86. The van der Waals surface area contributed by atoms with E-state index in [1.165, 1.54) is 12.1 Å². The van der Waals surface area contributed by atoms with Crippen molar-refractivity contribution in [2.75, 3.05) is 0 Å². The molecule has 70 valence electrons. The van der Waals surface area contributed by atoms with Crippen molar-refractivity contribution in [2.45, 2.75) is 3.74 Å². The lowest BCUT2D eigenvalue weighted by molar-refractivity contribution is 0.101. The Balaban J connectivity index is 3.13. The van der Waals surface area contributed by atoms with E-state index in [2.05, 4.69) is 31.9 Å². The van der Waals surface area contributed by atoms with Crippen molar-refractivity contribution in [2.24, 2.45) is 0 Å². The van der Waals surface area contributed by atoms with Gasteiger partial charge in [0.15, 0.2) is 5.78 Å². The Kier molecular flexibility index (Phi) is 3.88. The third kappa shape index (κ3) is 2.76. The number of Topliss-reactive ketones (excluding diaryl/α,β-unsaturated/α-hetero) is 1. The second kappa shape index (κ2) is 4.53. The van der Waals surface area contributed by atoms with Crippen molar-refractivity contribution < 1.29 is 9.18 Å². The fraction of sp³-hybridized carbons (Fsp3) is 0.125. The lowest BCUT2D eigenvalue weighted by atomic mass is 10.1. The summed E-state index contributed by atoms with van der Waals surface area (Å²) in [5.74, 6) is -0.960. The Morgan fingerprint density at radius 3 is 2.62 bits per heavy atom. The predicted octanol–water partition coefficient (Wildman–Crippen LogP) is 3.78. The highest BCUT2D eigenvalue weighted by Crippen LogP contribution is 2.21. The molecule has 1 aromatic rings. The van der Waals surface area contributed by atoms with E-state index in [9.17, 15) is 9.18 Å². The van der Waals surface area contributed by atoms with E-state index in [1.54, 1.807) is 0 Å². The number of rotatable bonds is 2. The fourth-order valence-corrected chi connectivity index (χ4v) is 1.47. The lowest BCUT2D eigenvalue weighted by Crippen LogP contribution is -2.09. The summed E-state index contributed by atoms with van der Waals surface area (Å²) >= 11 is 11.6. The van der Waals surface area contributed by atoms with Gasteiger partial charge >= 0.3 is 0 Å². The summed E-state index contributed by atoms with van der Waals surface area (Å²) in [7, 11) is 0. The summed E-state index contributed by atoms with van der Waals surface area (Å²) < 4.78 is 12.5. The van der Waals surface area contributed by atoms with Gasteiger partial charge in [-0.05, 0) is 18.2 Å². The van der Waals surface area contributed by atoms with Crippen molar-refractivity contribution in [3.8, 4) is 0 Å². The quantitative estimate of drug-likeness (QED) is 0.596. The molecule has 0 heterocycles. The maximum atomic E-state index is 13.1. The third-order valence-electron chi connectivity index (χ3n) is 1.39. The molecule has 0 aromatic heterocycles. The monoisotopic (exact) mass is 328 g/mol. The van der Waals surface area contributed by atoms with Crippen LogP contribution in [0.5, 0.6) is 0 Å². The van der Waals surface area contributed by atoms with E-state index >= 15 is 0 Å². The molecule has 0 bridgehead atoms. The summed E-state index contributed by atoms with van der Waals surface area (Å²) in [6.45, 7) is 0. The Bertz CT molecular complexity index is 341. The number of hydrogen-bond donors (Lipinski definition) is 0. The van der Waals surface area contributed by atoms with Crippen molar-refractivity contribution in [3.63, 3.8) is 0 Å². The second-order valence-corrected chi connectivity index (χ2v) is 5.79. The van der Waals surface area contributed by atoms with Crippen molar-refractivity contribution >= 4 is 49.2 Å². The van der Waals surface area contributed by atoms with Gasteiger partial charge in [-0.3, -0.25) is 4.79 Å². The molecular weight excluding hydrogens is 326 g/mol. The van der Waals surface area contributed by atoms with Gasteiger partial charge in [-0.1, -0.05) is 43.5 Å². The average Bonchev–Trinajstić information content (AvgIpc) is 2.08. The van der Waals surface area contributed by atoms with E-state index in [-0.39, 0.29) is 11.3 Å². The highest BCUT2D eigenvalue weighted by atomic mass is 79.9. The van der Waals surface area contributed by atoms with Crippen LogP contribution in [-0.4, -0.2) is 9.52 Å². The Morgan fingerprint density at radius 2 is 2.08 bits per heavy atom. The second-order valence-electron chi connectivity index (χ2n) is 2.29. The van der Waals surface area contributed by atoms with Crippen molar-refractivity contribution in [1.82, 2.24) is 0 Å². The molecule has 0 radical (unpaired) electrons. The molecule has 13 heavy (non-hydrogen) atoms. The van der Waals surface area contributed by atoms with E-state index in [1.807, 2.05) is 0 Å². The topological polar surface area (TPSA) is 17.1 Å². The molecule has 0 fully saturated rings. The Hall–Kier alpha value is 0.0700. The molecule has 0 aliphatic carbocycles. The SMILES string of the molecule is O=C(c1cc(Cl)ccc1F)C(Br)Br. The summed E-state index contributed by atoms with van der Waals surface area (Å²) in [4.78, 5) is 11.3. The summed E-state index contributed by atoms with van der Waals surface area (Å²) in [5.41, 5.74) is -0.0220. The maximum absolute atomic E-state index is 13.1. The first kappa shape index (κ1) is 11.1. The molecule has 1 nitrogen and oxygen atoms in total. The zero-order valence-corrected chi connectivity index (χ0v) is 10.2. The predicted molar refractivity (Wildman–Crippen MR) is 57.4 cm³/mol. The Labute approximate surface area is 96.5 Å². The van der Waals surface area contributed by atoms with Crippen LogP contribution >= 0.6 is 43.5 Å². The largest absolute Gasteiger partial charge is 0.292 e. The van der Waals surface area contributed by atoms with E-state index < -0.39 is 9.55 Å². The number of alkyl halides is 2. The maximum Gasteiger partial charge on any atom is 0.190 e. The van der Waals surface area contributed by atoms with Crippen LogP contribution in [0.1, 0.15) is 10.4 Å². The molecule has 5 heteroatoms. The minimum absolute atomic E-state index is 0.0220. The van der Waals surface area contributed by atoms with Crippen LogP contribution in [0.2, 0.25) is 5.02 Å². The average molecular weight is 330 g/mol. The van der Waals surface area contributed by atoms with E-state index in [0.717, 1.165) is 6.07 Å². The minimum Gasteiger partial charge on any atom is -0.292 e. The molecule has 0 aliphatic heterocycles. The van der Waals surface area contributed by atoms with Crippen LogP contribution in [0, 0.1) is 5.82 Å². The van der Waals surface area contributed by atoms with Gasteiger partial charge in [0.25, 0.3) is 0 Å². The minimum atomic E-state index is -0.590. The van der Waals surface area contributed by atoms with Gasteiger partial charge in [-0.15, -0.1) is 0 Å². The number of carbonyl (C=O) groups is 1. The van der Waals surface area contributed by atoms with Gasteiger partial charge in [0, 0.05) is 5.02 Å². The van der Waals surface area contributed by atoms with E-state index in [0.29, 0.717) is 5.02 Å². The summed E-state index contributed by atoms with van der Waals surface area (Å²) in [5, 5.41) is 0.338. The van der Waals surface area contributed by atoms with Gasteiger partial charge in [0.1, 0.15) is 9.55 Å². The molecule has 0 N–H and O–H groups in total. The van der Waals surface area contributed by atoms with Crippen molar-refractivity contribution in [1.29, 1.82) is 0 Å². The summed E-state index contributed by atoms with van der Waals surface area (Å²) in [6.07, 6.45) is 0. The number of hydrogen-bond acceptors (Lipinski definition) is 1. The van der Waals surface area contributed by atoms with Crippen LogP contribution < -0.4 is 0 Å². The molecule has 0 unspecified atom stereocenters. The first-order valence-electron chi connectivity index (χ1n) is 3.30. The van der Waals surface area contributed by atoms with Crippen LogP contribution in [0.3, 0.4) is 0 Å². The van der Waals surface area contributed by atoms with Gasteiger partial charge < -0.3 is 0 Å². The van der Waals surface area contributed by atoms with Crippen LogP contribution in [0.15, 0.2) is 18.2 Å². The molecule has 1 aromatic carbocycles. The van der Waals surface area contributed by atoms with Gasteiger partial charge in [-0.2, -0.15) is 0 Å². The molecule has 1 rings (SSSR count). The normalized spacial score (nSPS) is 10.5. The lowest BCUT2D eigenvalue weighted by Gasteiger charge is -2.03. The number of benzene rings is 1. The molecule has 0 spiro atoms.